The molecule has 29 heavy (non-hydrogen) atoms. The van der Waals surface area contributed by atoms with E-state index >= 15 is 0 Å². The van der Waals surface area contributed by atoms with Gasteiger partial charge < -0.3 is 20.1 Å². The number of rotatable bonds is 9. The number of carbonyl (C=O) groups excluding carboxylic acids is 1. The topological polar surface area (TPSA) is 90.4 Å². The summed E-state index contributed by atoms with van der Waals surface area (Å²) >= 11 is 5.11. The number of aromatic nitrogens is 2. The van der Waals surface area contributed by atoms with Gasteiger partial charge in [-0.1, -0.05) is 18.2 Å². The van der Waals surface area contributed by atoms with Crippen LogP contribution in [0.5, 0.6) is 5.75 Å². The molecule has 9 heteroatoms. The zero-order valence-corrected chi connectivity index (χ0v) is 19.0. The van der Waals surface area contributed by atoms with Crippen LogP contribution in [0.1, 0.15) is 40.3 Å². The quantitative estimate of drug-likeness (QED) is 0.457. The Bertz CT molecular complexity index is 944. The first-order valence-electron chi connectivity index (χ1n) is 8.90. The van der Waals surface area contributed by atoms with Crippen LogP contribution >= 0.6 is 39.7 Å². The summed E-state index contributed by atoms with van der Waals surface area (Å²) in [6.07, 6.45) is 3.89. The third-order valence-electron chi connectivity index (χ3n) is 4.47. The van der Waals surface area contributed by atoms with Crippen molar-refractivity contribution in [2.24, 2.45) is 5.73 Å². The number of hydrogen-bond donors (Lipinski definition) is 2. The van der Waals surface area contributed by atoms with Crippen molar-refractivity contribution in [3.8, 4) is 5.75 Å². The van der Waals surface area contributed by atoms with Crippen LogP contribution in [0.2, 0.25) is 0 Å². The van der Waals surface area contributed by atoms with E-state index in [9.17, 15) is 9.90 Å². The number of ether oxygens (including phenoxy) is 1. The van der Waals surface area contributed by atoms with Gasteiger partial charge in [0.25, 0.3) is 5.91 Å². The summed E-state index contributed by atoms with van der Waals surface area (Å²) in [4.78, 5) is 16.4. The maximum atomic E-state index is 11.3. The smallest absolute Gasteiger partial charge is 0.268 e. The second-order valence-corrected chi connectivity index (χ2v) is 9.07. The predicted molar refractivity (Wildman–Crippen MR) is 120 cm³/mol. The van der Waals surface area contributed by atoms with Crippen molar-refractivity contribution < 1.29 is 14.6 Å². The molecule has 3 N–H and O–H groups in total. The predicted octanol–water partition coefficient (Wildman–Crippen LogP) is 4.36. The number of benzene rings is 1. The Morgan fingerprint density at radius 1 is 1.34 bits per heavy atom. The van der Waals surface area contributed by atoms with E-state index in [1.165, 1.54) is 6.33 Å². The van der Waals surface area contributed by atoms with Crippen molar-refractivity contribution in [1.29, 1.82) is 0 Å². The number of aliphatic hydroxyl groups is 1. The SMILES string of the molecule is C[C@H](O)[C@@H](CCc1ccccc1OCc1ccc(Br)s1)n1cnc(C(N)=O)c1.Cl. The normalized spacial score (nSPS) is 12.8. The van der Waals surface area contributed by atoms with E-state index in [-0.39, 0.29) is 24.1 Å². The number of primary amides is 1. The number of carbonyl (C=O) groups is 1. The molecule has 3 aromatic rings. The molecule has 3 rings (SSSR count). The van der Waals surface area contributed by atoms with Gasteiger partial charge >= 0.3 is 0 Å². The lowest BCUT2D eigenvalue weighted by Crippen LogP contribution is -2.21. The van der Waals surface area contributed by atoms with Gasteiger partial charge in [0.1, 0.15) is 18.1 Å². The van der Waals surface area contributed by atoms with Crippen LogP contribution in [0.3, 0.4) is 0 Å². The highest BCUT2D eigenvalue weighted by Gasteiger charge is 2.19. The van der Waals surface area contributed by atoms with Gasteiger partial charge in [0.2, 0.25) is 0 Å². The minimum absolute atomic E-state index is 0. The molecule has 2 aromatic heterocycles. The molecule has 6 nitrogen and oxygen atoms in total. The number of nitrogens with two attached hydrogens (primary N) is 1. The zero-order valence-electron chi connectivity index (χ0n) is 15.8. The van der Waals surface area contributed by atoms with Gasteiger partial charge in [-0.2, -0.15) is 0 Å². The monoisotopic (exact) mass is 499 g/mol. The molecule has 0 saturated carbocycles. The molecule has 0 fully saturated rings. The lowest BCUT2D eigenvalue weighted by molar-refractivity contribution is 0.0994. The molecule has 0 bridgehead atoms. The number of imidazole rings is 1. The molecule has 2 atom stereocenters. The average Bonchev–Trinajstić information content (AvgIpc) is 3.30. The van der Waals surface area contributed by atoms with Crippen LogP contribution in [0, 0.1) is 0 Å². The van der Waals surface area contributed by atoms with E-state index in [1.54, 1.807) is 29.0 Å². The Hall–Kier alpha value is -1.87. The third kappa shape index (κ3) is 6.30. The third-order valence-corrected chi connectivity index (χ3v) is 6.07. The highest BCUT2D eigenvalue weighted by atomic mass is 79.9. The average molecular weight is 501 g/mol. The number of halogens is 2. The first-order valence-corrected chi connectivity index (χ1v) is 10.5. The van der Waals surface area contributed by atoms with E-state index < -0.39 is 12.0 Å². The first-order chi connectivity index (χ1) is 13.4. The van der Waals surface area contributed by atoms with Gasteiger partial charge in [-0.15, -0.1) is 23.7 Å². The Morgan fingerprint density at radius 3 is 2.72 bits per heavy atom. The molecule has 0 aliphatic heterocycles. The highest BCUT2D eigenvalue weighted by molar-refractivity contribution is 9.11. The largest absolute Gasteiger partial charge is 0.488 e. The van der Waals surface area contributed by atoms with Gasteiger partial charge in [-0.3, -0.25) is 4.79 Å². The van der Waals surface area contributed by atoms with Crippen molar-refractivity contribution >= 4 is 45.6 Å². The van der Waals surface area contributed by atoms with Crippen molar-refractivity contribution in [3.63, 3.8) is 0 Å². The molecule has 0 aliphatic rings. The van der Waals surface area contributed by atoms with Crippen molar-refractivity contribution in [3.05, 3.63) is 68.8 Å². The fraction of sp³-hybridized carbons (Fsp3) is 0.300. The number of nitrogens with zero attached hydrogens (tertiary/aromatic N) is 2. The number of thiophene rings is 1. The van der Waals surface area contributed by atoms with E-state index in [0.717, 1.165) is 20.0 Å². The van der Waals surface area contributed by atoms with E-state index in [2.05, 4.69) is 20.9 Å². The second-order valence-electron chi connectivity index (χ2n) is 6.52. The standard InChI is InChI=1S/C20H22BrN3O3S.ClH/c1-13(25)17(24-10-16(20(22)26)23-12-24)8-6-14-4-2-3-5-18(14)27-11-15-7-9-19(21)28-15;/h2-5,7,9-10,12-13,17,25H,6,8,11H2,1H3,(H2,22,26);1H/t13-,17+;/m0./s1. The Morgan fingerprint density at radius 2 is 2.10 bits per heavy atom. The molecule has 0 unspecified atom stereocenters. The fourth-order valence-electron chi connectivity index (χ4n) is 3.02. The van der Waals surface area contributed by atoms with E-state index in [1.807, 2.05) is 36.4 Å². The van der Waals surface area contributed by atoms with Gasteiger partial charge in [0, 0.05) is 11.1 Å². The number of para-hydroxylation sites is 1. The summed E-state index contributed by atoms with van der Waals surface area (Å²) in [6, 6.07) is 11.7. The summed E-state index contributed by atoms with van der Waals surface area (Å²) in [7, 11) is 0. The lowest BCUT2D eigenvalue weighted by atomic mass is 10.0. The van der Waals surface area contributed by atoms with Crippen LogP contribution in [-0.2, 0) is 13.0 Å². The maximum Gasteiger partial charge on any atom is 0.268 e. The van der Waals surface area contributed by atoms with Crippen molar-refractivity contribution in [1.82, 2.24) is 9.55 Å². The summed E-state index contributed by atoms with van der Waals surface area (Å²) in [6.45, 7) is 2.24. The molecule has 0 radical (unpaired) electrons. The molecule has 0 spiro atoms. The van der Waals surface area contributed by atoms with Gasteiger partial charge in [-0.05, 0) is 59.5 Å². The summed E-state index contributed by atoms with van der Waals surface area (Å²) in [5.74, 6) is 0.252. The molecular formula is C20H23BrClN3O3S. The van der Waals surface area contributed by atoms with Crippen LogP contribution in [-0.4, -0.2) is 26.7 Å². The summed E-state index contributed by atoms with van der Waals surface area (Å²) < 4.78 is 8.84. The first kappa shape index (κ1) is 23.4. The number of hydrogen-bond acceptors (Lipinski definition) is 5. The number of aliphatic hydroxyl groups excluding tert-OH is 1. The molecule has 0 aliphatic carbocycles. The molecular weight excluding hydrogens is 478 g/mol. The van der Waals surface area contributed by atoms with Crippen LogP contribution in [0.25, 0.3) is 0 Å². The lowest BCUT2D eigenvalue weighted by Gasteiger charge is -2.22. The van der Waals surface area contributed by atoms with E-state index in [0.29, 0.717) is 19.4 Å². The zero-order chi connectivity index (χ0) is 20.1. The molecule has 1 amide bonds. The molecule has 156 valence electrons. The van der Waals surface area contributed by atoms with Crippen molar-refractivity contribution in [2.75, 3.05) is 0 Å². The molecule has 1 aromatic carbocycles. The van der Waals surface area contributed by atoms with Crippen LogP contribution in [0.15, 0.2) is 52.7 Å². The second kappa shape index (κ2) is 10.8. The van der Waals surface area contributed by atoms with Crippen LogP contribution in [0.4, 0.5) is 0 Å². The minimum atomic E-state index is -0.605. The summed E-state index contributed by atoms with van der Waals surface area (Å²) in [5.41, 5.74) is 6.53. The Labute approximate surface area is 188 Å². The van der Waals surface area contributed by atoms with Gasteiger partial charge in [-0.25, -0.2) is 4.98 Å². The minimum Gasteiger partial charge on any atom is -0.488 e. The summed E-state index contributed by atoms with van der Waals surface area (Å²) in [5, 5.41) is 10.2. The number of amides is 1. The Balaban J connectivity index is 0.00000300. The highest BCUT2D eigenvalue weighted by Crippen LogP contribution is 2.27. The molecule has 2 heterocycles. The molecule has 0 saturated heterocycles. The van der Waals surface area contributed by atoms with Gasteiger partial charge in [0.15, 0.2) is 0 Å². The van der Waals surface area contributed by atoms with Gasteiger partial charge in [0.05, 0.1) is 22.3 Å². The van der Waals surface area contributed by atoms with Crippen molar-refractivity contribution in [2.45, 2.75) is 38.5 Å². The number of aryl methyl sites for hydroxylation is 1. The Kier molecular flexibility index (Phi) is 8.70. The fourth-order valence-corrected chi connectivity index (χ4v) is 4.41. The van der Waals surface area contributed by atoms with E-state index in [4.69, 9.17) is 10.5 Å². The van der Waals surface area contributed by atoms with Crippen LogP contribution < -0.4 is 10.5 Å². The maximum absolute atomic E-state index is 11.3.